The summed E-state index contributed by atoms with van der Waals surface area (Å²) in [5, 5.41) is 4.24. The Morgan fingerprint density at radius 3 is 2.63 bits per heavy atom. The molecule has 0 aliphatic rings. The van der Waals surface area contributed by atoms with Gasteiger partial charge in [0.2, 0.25) is 0 Å². The van der Waals surface area contributed by atoms with Gasteiger partial charge >= 0.3 is 0 Å². The number of rotatable bonds is 8. The van der Waals surface area contributed by atoms with Crippen LogP contribution in [0.25, 0.3) is 0 Å². The van der Waals surface area contributed by atoms with Crippen molar-refractivity contribution in [3.8, 4) is 5.75 Å². The first-order valence-corrected chi connectivity index (χ1v) is 7.50. The quantitative estimate of drug-likeness (QED) is 0.712. The molecule has 1 atom stereocenters. The minimum atomic E-state index is 0.237. The second kappa shape index (κ2) is 8.44. The fraction of sp³-hybridized carbons (Fsp3) is 0.625. The highest BCUT2D eigenvalue weighted by Gasteiger charge is 2.05. The summed E-state index contributed by atoms with van der Waals surface area (Å²) < 4.78 is 5.89. The van der Waals surface area contributed by atoms with Crippen LogP contribution < -0.4 is 10.1 Å². The van der Waals surface area contributed by atoms with E-state index < -0.39 is 0 Å². The topological polar surface area (TPSA) is 21.3 Å². The molecule has 1 aromatic rings. The van der Waals surface area contributed by atoms with Gasteiger partial charge in [0.1, 0.15) is 5.75 Å². The van der Waals surface area contributed by atoms with Crippen LogP contribution in [-0.2, 0) is 0 Å². The maximum atomic E-state index is 6.00. The molecule has 2 nitrogen and oxygen atoms in total. The number of hydrogen-bond acceptors (Lipinski definition) is 2. The predicted octanol–water partition coefficient (Wildman–Crippen LogP) is 4.44. The van der Waals surface area contributed by atoms with E-state index in [0.717, 1.165) is 42.3 Å². The van der Waals surface area contributed by atoms with Gasteiger partial charge in [0.15, 0.2) is 0 Å². The molecule has 0 spiro atoms. The normalized spacial score (nSPS) is 12.7. The fourth-order valence-corrected chi connectivity index (χ4v) is 2.00. The van der Waals surface area contributed by atoms with Crippen LogP contribution in [0.1, 0.15) is 39.2 Å². The van der Waals surface area contributed by atoms with Gasteiger partial charge in [-0.1, -0.05) is 25.4 Å². The van der Waals surface area contributed by atoms with Crippen LogP contribution in [0, 0.1) is 12.8 Å². The molecule has 1 aromatic carbocycles. The van der Waals surface area contributed by atoms with Crippen molar-refractivity contribution in [1.82, 2.24) is 5.32 Å². The summed E-state index contributed by atoms with van der Waals surface area (Å²) in [7, 11) is 0. The molecule has 1 unspecified atom stereocenters. The standard InChI is InChI=1S/C16H26ClNO/c1-12(2)11-18-9-5-6-14(4)19-15-7-8-16(17)13(3)10-15/h7-8,10,12,14,18H,5-6,9,11H2,1-4H3. The average Bonchev–Trinajstić information content (AvgIpc) is 2.33. The lowest BCUT2D eigenvalue weighted by molar-refractivity contribution is 0.207. The minimum absolute atomic E-state index is 0.237. The van der Waals surface area contributed by atoms with Gasteiger partial charge in [-0.15, -0.1) is 0 Å². The molecular weight excluding hydrogens is 258 g/mol. The molecule has 0 aliphatic carbocycles. The Kier molecular flexibility index (Phi) is 7.25. The first kappa shape index (κ1) is 16.3. The number of aryl methyl sites for hydroxylation is 1. The van der Waals surface area contributed by atoms with Crippen LogP contribution in [0.3, 0.4) is 0 Å². The SMILES string of the molecule is Cc1cc(OC(C)CCCNCC(C)C)ccc1Cl. The smallest absolute Gasteiger partial charge is 0.120 e. The van der Waals surface area contributed by atoms with Crippen LogP contribution in [0.4, 0.5) is 0 Å². The molecule has 3 heteroatoms. The molecule has 0 heterocycles. The Morgan fingerprint density at radius 1 is 1.26 bits per heavy atom. The summed E-state index contributed by atoms with van der Waals surface area (Å²) in [6.45, 7) is 10.7. The number of hydrogen-bond donors (Lipinski definition) is 1. The van der Waals surface area contributed by atoms with Gasteiger partial charge in [-0.2, -0.15) is 0 Å². The van der Waals surface area contributed by atoms with Gasteiger partial charge in [-0.05, 0) is 69.5 Å². The van der Waals surface area contributed by atoms with Crippen LogP contribution in [0.15, 0.2) is 18.2 Å². The van der Waals surface area contributed by atoms with Gasteiger partial charge in [-0.25, -0.2) is 0 Å². The van der Waals surface area contributed by atoms with Crippen molar-refractivity contribution in [3.05, 3.63) is 28.8 Å². The zero-order valence-corrected chi connectivity index (χ0v) is 13.3. The third kappa shape index (κ3) is 6.84. The lowest BCUT2D eigenvalue weighted by Crippen LogP contribution is -2.22. The van der Waals surface area contributed by atoms with E-state index in [4.69, 9.17) is 16.3 Å². The van der Waals surface area contributed by atoms with E-state index in [2.05, 4.69) is 26.1 Å². The van der Waals surface area contributed by atoms with E-state index in [1.165, 1.54) is 0 Å². The molecular formula is C16H26ClNO. The molecule has 0 bridgehead atoms. The van der Waals surface area contributed by atoms with E-state index >= 15 is 0 Å². The molecule has 1 N–H and O–H groups in total. The highest BCUT2D eigenvalue weighted by Crippen LogP contribution is 2.22. The fourth-order valence-electron chi connectivity index (χ4n) is 1.89. The molecule has 0 saturated carbocycles. The molecule has 108 valence electrons. The van der Waals surface area contributed by atoms with E-state index in [9.17, 15) is 0 Å². The second-order valence-electron chi connectivity index (χ2n) is 5.58. The Labute approximate surface area is 122 Å². The van der Waals surface area contributed by atoms with Crippen molar-refractivity contribution >= 4 is 11.6 Å². The highest BCUT2D eigenvalue weighted by atomic mass is 35.5. The van der Waals surface area contributed by atoms with Crippen molar-refractivity contribution < 1.29 is 4.74 Å². The second-order valence-corrected chi connectivity index (χ2v) is 5.99. The first-order valence-electron chi connectivity index (χ1n) is 7.12. The van der Waals surface area contributed by atoms with Crippen molar-refractivity contribution in [2.75, 3.05) is 13.1 Å². The highest BCUT2D eigenvalue weighted by molar-refractivity contribution is 6.31. The van der Waals surface area contributed by atoms with Crippen LogP contribution >= 0.6 is 11.6 Å². The maximum absolute atomic E-state index is 6.00. The minimum Gasteiger partial charge on any atom is -0.491 e. The monoisotopic (exact) mass is 283 g/mol. The first-order chi connectivity index (χ1) is 8.99. The number of ether oxygens (including phenoxy) is 1. The number of benzene rings is 1. The zero-order valence-electron chi connectivity index (χ0n) is 12.5. The Hall–Kier alpha value is -0.730. The van der Waals surface area contributed by atoms with Gasteiger partial charge in [0.05, 0.1) is 6.10 Å². The molecule has 19 heavy (non-hydrogen) atoms. The van der Waals surface area contributed by atoms with Gasteiger partial charge in [0.25, 0.3) is 0 Å². The zero-order chi connectivity index (χ0) is 14.3. The molecule has 0 aliphatic heterocycles. The number of nitrogens with one attached hydrogen (secondary N) is 1. The van der Waals surface area contributed by atoms with E-state index in [1.54, 1.807) is 0 Å². The lowest BCUT2D eigenvalue weighted by Gasteiger charge is -2.15. The Bertz CT molecular complexity index is 379. The number of halogens is 1. The third-order valence-electron chi connectivity index (χ3n) is 2.98. The molecule has 0 saturated heterocycles. The predicted molar refractivity (Wildman–Crippen MR) is 83.2 cm³/mol. The molecule has 0 fully saturated rings. The largest absolute Gasteiger partial charge is 0.491 e. The van der Waals surface area contributed by atoms with Crippen molar-refractivity contribution in [3.63, 3.8) is 0 Å². The van der Waals surface area contributed by atoms with E-state index in [-0.39, 0.29) is 6.10 Å². The third-order valence-corrected chi connectivity index (χ3v) is 3.41. The average molecular weight is 284 g/mol. The summed E-state index contributed by atoms with van der Waals surface area (Å²) >= 11 is 6.00. The van der Waals surface area contributed by atoms with Crippen molar-refractivity contribution in [1.29, 1.82) is 0 Å². The summed E-state index contributed by atoms with van der Waals surface area (Å²) in [6, 6.07) is 5.82. The Balaban J connectivity index is 2.23. The van der Waals surface area contributed by atoms with Crippen LogP contribution in [0.2, 0.25) is 5.02 Å². The van der Waals surface area contributed by atoms with Gasteiger partial charge < -0.3 is 10.1 Å². The van der Waals surface area contributed by atoms with E-state index in [0.29, 0.717) is 5.92 Å². The van der Waals surface area contributed by atoms with E-state index in [1.807, 2.05) is 25.1 Å². The van der Waals surface area contributed by atoms with Gasteiger partial charge in [0, 0.05) is 5.02 Å². The molecule has 0 amide bonds. The summed E-state index contributed by atoms with van der Waals surface area (Å²) in [6.07, 6.45) is 2.44. The van der Waals surface area contributed by atoms with Crippen LogP contribution in [-0.4, -0.2) is 19.2 Å². The maximum Gasteiger partial charge on any atom is 0.120 e. The van der Waals surface area contributed by atoms with Crippen molar-refractivity contribution in [2.45, 2.75) is 46.6 Å². The Morgan fingerprint density at radius 2 is 2.00 bits per heavy atom. The molecule has 0 aromatic heterocycles. The summed E-state index contributed by atoms with van der Waals surface area (Å²) in [4.78, 5) is 0. The summed E-state index contributed by atoms with van der Waals surface area (Å²) in [5.41, 5.74) is 1.06. The van der Waals surface area contributed by atoms with Crippen molar-refractivity contribution in [2.24, 2.45) is 5.92 Å². The van der Waals surface area contributed by atoms with Gasteiger partial charge in [-0.3, -0.25) is 0 Å². The molecule has 1 rings (SSSR count). The lowest BCUT2D eigenvalue weighted by atomic mass is 10.2. The van der Waals surface area contributed by atoms with Crippen LogP contribution in [0.5, 0.6) is 5.75 Å². The molecule has 0 radical (unpaired) electrons. The summed E-state index contributed by atoms with van der Waals surface area (Å²) in [5.74, 6) is 1.62.